The van der Waals surface area contributed by atoms with Gasteiger partial charge in [-0.2, -0.15) is 0 Å². The zero-order valence-corrected chi connectivity index (χ0v) is 9.39. The summed E-state index contributed by atoms with van der Waals surface area (Å²) in [5, 5.41) is 0. The van der Waals surface area contributed by atoms with E-state index in [1.165, 1.54) is 12.6 Å². The predicted molar refractivity (Wildman–Crippen MR) is 54.6 cm³/mol. The van der Waals surface area contributed by atoms with Gasteiger partial charge in [0.2, 0.25) is 0 Å². The topological polar surface area (TPSA) is 26.3 Å². The monoisotopic (exact) mass is 204 g/mol. The van der Waals surface area contributed by atoms with Crippen molar-refractivity contribution in [2.75, 3.05) is 7.11 Å². The smallest absolute Gasteiger partial charge is 0.312 e. The molecule has 13 heavy (non-hydrogen) atoms. The molecule has 0 radical (unpaired) electrons. The van der Waals surface area contributed by atoms with E-state index >= 15 is 0 Å². The van der Waals surface area contributed by atoms with E-state index in [4.69, 9.17) is 16.3 Å². The first-order valence-corrected chi connectivity index (χ1v) is 4.76. The zero-order chi connectivity index (χ0) is 10.5. The van der Waals surface area contributed by atoms with Gasteiger partial charge in [0.25, 0.3) is 0 Å². The van der Waals surface area contributed by atoms with Crippen LogP contribution in [0.25, 0.3) is 0 Å². The molecule has 0 aliphatic rings. The maximum absolute atomic E-state index is 11.5. The Bertz CT molecular complexity index is 199. The van der Waals surface area contributed by atoms with Gasteiger partial charge in [-0.15, -0.1) is 0 Å². The molecule has 0 saturated heterocycles. The summed E-state index contributed by atoms with van der Waals surface area (Å²) >= 11 is 5.43. The Balaban J connectivity index is 4.62. The minimum absolute atomic E-state index is 0.183. The van der Waals surface area contributed by atoms with Gasteiger partial charge in [-0.3, -0.25) is 4.79 Å². The van der Waals surface area contributed by atoms with E-state index in [0.717, 1.165) is 0 Å². The number of rotatable bonds is 4. The van der Waals surface area contributed by atoms with Crippen LogP contribution in [0.2, 0.25) is 0 Å². The Morgan fingerprint density at radius 1 is 1.62 bits per heavy atom. The van der Waals surface area contributed by atoms with Gasteiger partial charge in [-0.05, 0) is 19.3 Å². The standard InChI is InChI=1S/C10H17ClO2/c1-8(2)10(3,6-5-7-11)9(12)13-4/h5,7-8H,6H2,1-4H3/b7-5+/t10-/m0/s1. The van der Waals surface area contributed by atoms with Gasteiger partial charge in [0.1, 0.15) is 0 Å². The van der Waals surface area contributed by atoms with Crippen LogP contribution in [-0.2, 0) is 9.53 Å². The number of ether oxygens (including phenoxy) is 1. The Kier molecular flexibility index (Phi) is 5.07. The minimum atomic E-state index is -0.472. The molecule has 0 aromatic carbocycles. The molecule has 0 aliphatic carbocycles. The largest absolute Gasteiger partial charge is 0.469 e. The number of esters is 1. The van der Waals surface area contributed by atoms with Crippen molar-refractivity contribution >= 4 is 17.6 Å². The van der Waals surface area contributed by atoms with Crippen molar-refractivity contribution in [1.29, 1.82) is 0 Å². The van der Waals surface area contributed by atoms with Gasteiger partial charge in [0.05, 0.1) is 12.5 Å². The van der Waals surface area contributed by atoms with Crippen LogP contribution in [0, 0.1) is 11.3 Å². The Hall–Kier alpha value is -0.500. The molecule has 2 nitrogen and oxygen atoms in total. The highest BCUT2D eigenvalue weighted by Gasteiger charge is 2.36. The summed E-state index contributed by atoms with van der Waals surface area (Å²) < 4.78 is 4.76. The third-order valence-electron chi connectivity index (χ3n) is 2.56. The molecule has 0 aromatic heterocycles. The molecule has 0 fully saturated rings. The number of carbonyl (C=O) groups is 1. The van der Waals surface area contributed by atoms with Crippen LogP contribution in [0.1, 0.15) is 27.2 Å². The average Bonchev–Trinajstić information content (AvgIpc) is 2.12. The van der Waals surface area contributed by atoms with Gasteiger partial charge in [-0.25, -0.2) is 0 Å². The molecule has 76 valence electrons. The second kappa shape index (κ2) is 5.28. The summed E-state index contributed by atoms with van der Waals surface area (Å²) in [6.07, 6.45) is 2.39. The predicted octanol–water partition coefficient (Wildman–Crippen LogP) is 2.96. The number of hydrogen-bond donors (Lipinski definition) is 0. The lowest BCUT2D eigenvalue weighted by atomic mass is 9.76. The lowest BCUT2D eigenvalue weighted by Gasteiger charge is -2.29. The van der Waals surface area contributed by atoms with Crippen molar-refractivity contribution in [3.8, 4) is 0 Å². The van der Waals surface area contributed by atoms with E-state index in [1.807, 2.05) is 20.8 Å². The highest BCUT2D eigenvalue weighted by molar-refractivity contribution is 6.25. The normalized spacial score (nSPS) is 16.2. The molecule has 0 aromatic rings. The lowest BCUT2D eigenvalue weighted by molar-refractivity contribution is -0.154. The van der Waals surface area contributed by atoms with Gasteiger partial charge >= 0.3 is 5.97 Å². The van der Waals surface area contributed by atoms with Crippen molar-refractivity contribution in [3.63, 3.8) is 0 Å². The van der Waals surface area contributed by atoms with Crippen LogP contribution in [-0.4, -0.2) is 13.1 Å². The van der Waals surface area contributed by atoms with Crippen molar-refractivity contribution in [1.82, 2.24) is 0 Å². The fourth-order valence-electron chi connectivity index (χ4n) is 1.08. The van der Waals surface area contributed by atoms with E-state index in [2.05, 4.69) is 0 Å². The molecule has 0 rings (SSSR count). The fourth-order valence-corrected chi connectivity index (χ4v) is 1.17. The summed E-state index contributed by atoms with van der Waals surface area (Å²) in [5.74, 6) is 0.0464. The third-order valence-corrected chi connectivity index (χ3v) is 2.74. The summed E-state index contributed by atoms with van der Waals surface area (Å²) in [4.78, 5) is 11.5. The molecule has 0 bridgehead atoms. The zero-order valence-electron chi connectivity index (χ0n) is 8.63. The Morgan fingerprint density at radius 2 is 2.15 bits per heavy atom. The molecule has 0 unspecified atom stereocenters. The number of methoxy groups -OCH3 is 1. The first-order valence-electron chi connectivity index (χ1n) is 4.32. The van der Waals surface area contributed by atoms with Crippen LogP contribution < -0.4 is 0 Å². The van der Waals surface area contributed by atoms with Crippen molar-refractivity contribution in [2.45, 2.75) is 27.2 Å². The summed E-state index contributed by atoms with van der Waals surface area (Å²) in [6, 6.07) is 0. The quantitative estimate of drug-likeness (QED) is 0.659. The maximum atomic E-state index is 11.5. The number of hydrogen-bond acceptors (Lipinski definition) is 2. The molecule has 1 atom stereocenters. The van der Waals surface area contributed by atoms with Crippen molar-refractivity contribution < 1.29 is 9.53 Å². The number of carbonyl (C=O) groups excluding carboxylic acids is 1. The molecule has 0 spiro atoms. The molecule has 0 N–H and O–H groups in total. The summed E-state index contributed by atoms with van der Waals surface area (Å²) in [6.45, 7) is 5.89. The average molecular weight is 205 g/mol. The molecular formula is C10H17ClO2. The minimum Gasteiger partial charge on any atom is -0.469 e. The van der Waals surface area contributed by atoms with Gasteiger partial charge in [0.15, 0.2) is 0 Å². The summed E-state index contributed by atoms with van der Waals surface area (Å²) in [7, 11) is 1.41. The lowest BCUT2D eigenvalue weighted by Crippen LogP contribution is -2.33. The number of allylic oxidation sites excluding steroid dienone is 1. The fraction of sp³-hybridized carbons (Fsp3) is 0.700. The van der Waals surface area contributed by atoms with E-state index < -0.39 is 5.41 Å². The first kappa shape index (κ1) is 12.5. The molecule has 3 heteroatoms. The molecule has 0 amide bonds. The maximum Gasteiger partial charge on any atom is 0.312 e. The van der Waals surface area contributed by atoms with Crippen LogP contribution in [0.15, 0.2) is 11.6 Å². The Morgan fingerprint density at radius 3 is 2.46 bits per heavy atom. The van der Waals surface area contributed by atoms with Crippen molar-refractivity contribution in [2.24, 2.45) is 11.3 Å². The van der Waals surface area contributed by atoms with Gasteiger partial charge in [0, 0.05) is 5.54 Å². The second-order valence-electron chi connectivity index (χ2n) is 3.63. The van der Waals surface area contributed by atoms with E-state index in [1.54, 1.807) is 6.08 Å². The third kappa shape index (κ3) is 3.03. The molecule has 0 aliphatic heterocycles. The van der Waals surface area contributed by atoms with Crippen LogP contribution in [0.4, 0.5) is 0 Å². The van der Waals surface area contributed by atoms with Crippen molar-refractivity contribution in [3.05, 3.63) is 11.6 Å². The first-order chi connectivity index (χ1) is 5.99. The van der Waals surface area contributed by atoms with Crippen LogP contribution in [0.5, 0.6) is 0 Å². The molecular weight excluding hydrogens is 188 g/mol. The second-order valence-corrected chi connectivity index (χ2v) is 3.88. The summed E-state index contributed by atoms with van der Waals surface area (Å²) in [5.41, 5.74) is 0.962. The van der Waals surface area contributed by atoms with E-state index in [0.29, 0.717) is 6.42 Å². The highest BCUT2D eigenvalue weighted by Crippen LogP contribution is 2.32. The molecule has 0 saturated carbocycles. The number of halogens is 1. The van der Waals surface area contributed by atoms with Gasteiger partial charge < -0.3 is 4.74 Å². The highest BCUT2D eigenvalue weighted by atomic mass is 35.5. The SMILES string of the molecule is COC(=O)[C@@](C)(C/C=C/Cl)C(C)C. The molecule has 0 heterocycles. The van der Waals surface area contributed by atoms with Crippen LogP contribution in [0.3, 0.4) is 0 Å². The van der Waals surface area contributed by atoms with Gasteiger partial charge in [-0.1, -0.05) is 31.5 Å². The van der Waals surface area contributed by atoms with E-state index in [-0.39, 0.29) is 11.9 Å². The van der Waals surface area contributed by atoms with E-state index in [9.17, 15) is 4.79 Å². The van der Waals surface area contributed by atoms with Crippen LogP contribution >= 0.6 is 11.6 Å². The Labute approximate surface area is 84.9 Å².